The van der Waals surface area contributed by atoms with Gasteiger partial charge in [0, 0.05) is 6.54 Å². The van der Waals surface area contributed by atoms with E-state index in [1.807, 2.05) is 6.92 Å². The van der Waals surface area contributed by atoms with E-state index in [1.54, 1.807) is 0 Å². The van der Waals surface area contributed by atoms with Crippen LogP contribution in [0, 0.1) is 0 Å². The van der Waals surface area contributed by atoms with Gasteiger partial charge in [0.1, 0.15) is 18.2 Å². The van der Waals surface area contributed by atoms with Gasteiger partial charge in [-0.3, -0.25) is 4.98 Å². The molecule has 0 saturated heterocycles. The zero-order valence-electron chi connectivity index (χ0n) is 8.80. The number of nitrogens with zero attached hydrogens (tertiary/aromatic N) is 2. The van der Waals surface area contributed by atoms with Gasteiger partial charge in [-0.05, 0) is 6.42 Å². The summed E-state index contributed by atoms with van der Waals surface area (Å²) in [6, 6.07) is 0. The average Bonchev–Trinajstić information content (AvgIpc) is 2.23. The Kier molecular flexibility index (Phi) is 4.33. The number of aromatic nitrogens is 2. The zero-order chi connectivity index (χ0) is 12.0. The Morgan fingerprint density at radius 2 is 1.81 bits per heavy atom. The fourth-order valence-electron chi connectivity index (χ4n) is 0.980. The van der Waals surface area contributed by atoms with Gasteiger partial charge < -0.3 is 10.6 Å². The molecule has 0 aliphatic rings. The van der Waals surface area contributed by atoms with Crippen LogP contribution in [0.2, 0.25) is 0 Å². The first kappa shape index (κ1) is 12.5. The Morgan fingerprint density at radius 1 is 1.19 bits per heavy atom. The van der Waals surface area contributed by atoms with Crippen LogP contribution in [0.25, 0.3) is 0 Å². The van der Waals surface area contributed by atoms with Gasteiger partial charge in [-0.25, -0.2) is 4.98 Å². The minimum absolute atomic E-state index is 0.110. The first-order valence-corrected chi connectivity index (χ1v) is 4.88. The maximum Gasteiger partial charge on any atom is 0.405 e. The monoisotopic (exact) mass is 234 g/mol. The van der Waals surface area contributed by atoms with Crippen LogP contribution >= 0.6 is 0 Å². The number of hydrogen-bond donors (Lipinski definition) is 2. The number of halogens is 3. The molecule has 7 heteroatoms. The smallest absolute Gasteiger partial charge is 0.369 e. The standard InChI is InChI=1S/C9H13F3N4/c1-2-3-14-7-4-13-5-8(16-7)15-6-9(10,11)12/h4-5H,2-3,6H2,1H3,(H2,14,15,16). The zero-order valence-corrected chi connectivity index (χ0v) is 8.80. The third kappa shape index (κ3) is 4.81. The molecular formula is C9H13F3N4. The molecule has 1 rings (SSSR count). The number of anilines is 2. The fraction of sp³-hybridized carbons (Fsp3) is 0.556. The molecular weight excluding hydrogens is 221 g/mol. The Morgan fingerprint density at radius 3 is 2.38 bits per heavy atom. The molecule has 1 heterocycles. The maximum absolute atomic E-state index is 11.9. The van der Waals surface area contributed by atoms with E-state index in [9.17, 15) is 13.2 Å². The summed E-state index contributed by atoms with van der Waals surface area (Å²) in [7, 11) is 0. The second kappa shape index (κ2) is 5.53. The SMILES string of the molecule is CCCNc1cncc(NCC(F)(F)F)n1. The highest BCUT2D eigenvalue weighted by Gasteiger charge is 2.26. The van der Waals surface area contributed by atoms with Gasteiger partial charge in [-0.2, -0.15) is 13.2 Å². The number of alkyl halides is 3. The van der Waals surface area contributed by atoms with E-state index in [1.165, 1.54) is 12.4 Å². The molecule has 0 saturated carbocycles. The Labute approximate surface area is 91.3 Å². The van der Waals surface area contributed by atoms with Crippen molar-refractivity contribution in [2.75, 3.05) is 23.7 Å². The van der Waals surface area contributed by atoms with E-state index in [0.717, 1.165) is 6.42 Å². The predicted octanol–water partition coefficient (Wildman–Crippen LogP) is 2.27. The topological polar surface area (TPSA) is 49.8 Å². The summed E-state index contributed by atoms with van der Waals surface area (Å²) in [5.74, 6) is 0.576. The lowest BCUT2D eigenvalue weighted by Crippen LogP contribution is -2.22. The van der Waals surface area contributed by atoms with E-state index in [2.05, 4.69) is 20.6 Å². The highest BCUT2D eigenvalue weighted by atomic mass is 19.4. The summed E-state index contributed by atoms with van der Waals surface area (Å²) in [6.45, 7) is 1.57. The van der Waals surface area contributed by atoms with Gasteiger partial charge in [-0.1, -0.05) is 6.92 Å². The molecule has 0 aliphatic carbocycles. The second-order valence-electron chi connectivity index (χ2n) is 3.19. The van der Waals surface area contributed by atoms with Gasteiger partial charge in [0.25, 0.3) is 0 Å². The molecule has 0 aliphatic heterocycles. The van der Waals surface area contributed by atoms with Crippen LogP contribution in [0.4, 0.5) is 24.8 Å². The Hall–Kier alpha value is -1.53. The fourth-order valence-corrected chi connectivity index (χ4v) is 0.980. The molecule has 0 spiro atoms. The first-order chi connectivity index (χ1) is 7.51. The lowest BCUT2D eigenvalue weighted by atomic mass is 10.5. The van der Waals surface area contributed by atoms with Crippen LogP contribution < -0.4 is 10.6 Å². The molecule has 0 radical (unpaired) electrons. The van der Waals surface area contributed by atoms with Gasteiger partial charge >= 0.3 is 6.18 Å². The third-order valence-electron chi connectivity index (χ3n) is 1.66. The molecule has 0 fully saturated rings. The molecule has 16 heavy (non-hydrogen) atoms. The van der Waals surface area contributed by atoms with Crippen LogP contribution in [0.5, 0.6) is 0 Å². The molecule has 0 amide bonds. The van der Waals surface area contributed by atoms with E-state index in [0.29, 0.717) is 12.4 Å². The highest BCUT2D eigenvalue weighted by molar-refractivity contribution is 5.41. The van der Waals surface area contributed by atoms with Crippen LogP contribution in [0.3, 0.4) is 0 Å². The molecule has 4 nitrogen and oxygen atoms in total. The molecule has 0 aromatic carbocycles. The number of nitrogens with one attached hydrogen (secondary N) is 2. The lowest BCUT2D eigenvalue weighted by molar-refractivity contribution is -0.115. The lowest BCUT2D eigenvalue weighted by Gasteiger charge is -2.09. The van der Waals surface area contributed by atoms with Crippen molar-refractivity contribution < 1.29 is 13.2 Å². The minimum atomic E-state index is -4.26. The van der Waals surface area contributed by atoms with Crippen molar-refractivity contribution in [3.8, 4) is 0 Å². The van der Waals surface area contributed by atoms with Crippen molar-refractivity contribution in [3.63, 3.8) is 0 Å². The normalized spacial score (nSPS) is 11.2. The third-order valence-corrected chi connectivity index (χ3v) is 1.66. The van der Waals surface area contributed by atoms with Crippen LogP contribution in [-0.4, -0.2) is 29.2 Å². The summed E-state index contributed by atoms with van der Waals surface area (Å²) < 4.78 is 35.8. The second-order valence-corrected chi connectivity index (χ2v) is 3.19. The van der Waals surface area contributed by atoms with Gasteiger partial charge in [-0.15, -0.1) is 0 Å². The summed E-state index contributed by atoms with van der Waals surface area (Å²) >= 11 is 0. The maximum atomic E-state index is 11.9. The predicted molar refractivity (Wildman–Crippen MR) is 55.4 cm³/mol. The van der Waals surface area contributed by atoms with E-state index >= 15 is 0 Å². The molecule has 0 unspecified atom stereocenters. The van der Waals surface area contributed by atoms with Crippen molar-refractivity contribution in [3.05, 3.63) is 12.4 Å². The largest absolute Gasteiger partial charge is 0.405 e. The summed E-state index contributed by atoms with van der Waals surface area (Å²) in [6.07, 6.45) is -0.631. The Balaban J connectivity index is 2.53. The van der Waals surface area contributed by atoms with E-state index < -0.39 is 12.7 Å². The highest BCUT2D eigenvalue weighted by Crippen LogP contribution is 2.15. The summed E-state index contributed by atoms with van der Waals surface area (Å²) in [5, 5.41) is 5.10. The molecule has 0 bridgehead atoms. The van der Waals surface area contributed by atoms with Crippen molar-refractivity contribution >= 4 is 11.6 Å². The first-order valence-electron chi connectivity index (χ1n) is 4.88. The summed E-state index contributed by atoms with van der Waals surface area (Å²) in [4.78, 5) is 7.71. The van der Waals surface area contributed by atoms with E-state index in [-0.39, 0.29) is 5.82 Å². The Bertz CT molecular complexity index is 327. The molecule has 90 valence electrons. The number of rotatable bonds is 5. The average molecular weight is 234 g/mol. The van der Waals surface area contributed by atoms with Gasteiger partial charge in [0.2, 0.25) is 0 Å². The minimum Gasteiger partial charge on any atom is -0.369 e. The van der Waals surface area contributed by atoms with E-state index in [4.69, 9.17) is 0 Å². The van der Waals surface area contributed by atoms with Crippen molar-refractivity contribution in [1.29, 1.82) is 0 Å². The molecule has 2 N–H and O–H groups in total. The van der Waals surface area contributed by atoms with Gasteiger partial charge in [0.05, 0.1) is 12.4 Å². The van der Waals surface area contributed by atoms with Crippen LogP contribution in [0.1, 0.15) is 13.3 Å². The van der Waals surface area contributed by atoms with Crippen molar-refractivity contribution in [2.24, 2.45) is 0 Å². The molecule has 1 aromatic rings. The van der Waals surface area contributed by atoms with Crippen molar-refractivity contribution in [1.82, 2.24) is 9.97 Å². The molecule has 1 aromatic heterocycles. The summed E-state index contributed by atoms with van der Waals surface area (Å²) in [5.41, 5.74) is 0. The molecule has 0 atom stereocenters. The van der Waals surface area contributed by atoms with Gasteiger partial charge in [0.15, 0.2) is 0 Å². The van der Waals surface area contributed by atoms with Crippen LogP contribution in [0.15, 0.2) is 12.4 Å². The van der Waals surface area contributed by atoms with Crippen molar-refractivity contribution in [2.45, 2.75) is 19.5 Å². The van der Waals surface area contributed by atoms with Crippen LogP contribution in [-0.2, 0) is 0 Å². The number of hydrogen-bond acceptors (Lipinski definition) is 4. The quantitative estimate of drug-likeness (QED) is 0.820.